The van der Waals surface area contributed by atoms with Gasteiger partial charge >= 0.3 is 11.4 Å². The van der Waals surface area contributed by atoms with Gasteiger partial charge in [0.15, 0.2) is 0 Å². The van der Waals surface area contributed by atoms with Crippen LogP contribution in [0, 0.1) is 24.1 Å². The summed E-state index contributed by atoms with van der Waals surface area (Å²) in [5, 5.41) is 12.6. The van der Waals surface area contributed by atoms with E-state index in [1.165, 1.54) is 22.9 Å². The van der Waals surface area contributed by atoms with Crippen molar-refractivity contribution in [2.45, 2.75) is 26.3 Å². The molecule has 0 unspecified atom stereocenters. The summed E-state index contributed by atoms with van der Waals surface area (Å²) >= 11 is 6.48. The first kappa shape index (κ1) is 24.2. The number of fused-ring (bicyclic) bond motifs is 1. The van der Waals surface area contributed by atoms with Gasteiger partial charge in [-0.05, 0) is 60.7 Å². The molecular weight excluding hydrogens is 499 g/mol. The predicted molar refractivity (Wildman–Crippen MR) is 135 cm³/mol. The SMILES string of the molecule is Cc1cncc(-n2c(=O)nc(Nc3cc4c(cc3Cl)OCCC4)n(Cc3ccc(F)c(C#N)c3)c2=O)c1. The molecule has 4 aromatic rings. The fourth-order valence-electron chi connectivity index (χ4n) is 4.14. The average Bonchev–Trinajstić information content (AvgIpc) is 2.87. The Morgan fingerprint density at radius 3 is 2.84 bits per heavy atom. The van der Waals surface area contributed by atoms with Crippen LogP contribution < -0.4 is 21.4 Å². The average molecular weight is 519 g/mol. The number of pyridine rings is 1. The van der Waals surface area contributed by atoms with Crippen LogP contribution in [0.25, 0.3) is 5.69 Å². The van der Waals surface area contributed by atoms with Crippen LogP contribution in [-0.4, -0.2) is 25.7 Å². The van der Waals surface area contributed by atoms with Crippen molar-refractivity contribution < 1.29 is 9.13 Å². The number of halogens is 2. The lowest BCUT2D eigenvalue weighted by molar-refractivity contribution is 0.288. The lowest BCUT2D eigenvalue weighted by Crippen LogP contribution is -2.41. The zero-order chi connectivity index (χ0) is 26.1. The van der Waals surface area contributed by atoms with Crippen LogP contribution in [0.3, 0.4) is 0 Å². The van der Waals surface area contributed by atoms with Gasteiger partial charge in [0.05, 0.1) is 41.3 Å². The molecule has 0 spiro atoms. The van der Waals surface area contributed by atoms with Crippen molar-refractivity contribution in [2.75, 3.05) is 11.9 Å². The monoisotopic (exact) mass is 518 g/mol. The Morgan fingerprint density at radius 1 is 1.22 bits per heavy atom. The van der Waals surface area contributed by atoms with Crippen molar-refractivity contribution in [1.82, 2.24) is 19.1 Å². The molecular formula is C26H20ClFN6O3. The van der Waals surface area contributed by atoms with Crippen LogP contribution in [0.2, 0.25) is 5.02 Å². The zero-order valence-corrected chi connectivity index (χ0v) is 20.4. The van der Waals surface area contributed by atoms with Gasteiger partial charge in [-0.3, -0.25) is 9.55 Å². The van der Waals surface area contributed by atoms with Gasteiger partial charge < -0.3 is 10.1 Å². The molecule has 0 atom stereocenters. The number of nitrogens with one attached hydrogen (secondary N) is 1. The van der Waals surface area contributed by atoms with E-state index in [2.05, 4.69) is 15.3 Å². The van der Waals surface area contributed by atoms with Crippen LogP contribution in [0.15, 0.2) is 58.4 Å². The number of nitrogens with zero attached hydrogens (tertiary/aromatic N) is 5. The molecule has 0 saturated carbocycles. The highest BCUT2D eigenvalue weighted by atomic mass is 35.5. The first-order valence-corrected chi connectivity index (χ1v) is 11.8. The standard InChI is InChI=1S/C26H20ClFN6O3/c1-15-7-19(13-30-12-15)34-25(35)32-24(31-22-9-17-3-2-6-37-23(17)10-20(22)27)33(26(34)36)14-16-4-5-21(28)18(8-16)11-29/h4-5,7-10,12-13H,2-3,6,14H2,1H3,(H,31,32,35). The van der Waals surface area contributed by atoms with E-state index in [-0.39, 0.29) is 23.7 Å². The molecule has 1 aliphatic rings. The van der Waals surface area contributed by atoms with Gasteiger partial charge in [-0.15, -0.1) is 0 Å². The summed E-state index contributed by atoms with van der Waals surface area (Å²) in [6.07, 6.45) is 4.63. The molecule has 0 fully saturated rings. The molecule has 3 heterocycles. The van der Waals surface area contributed by atoms with E-state index in [9.17, 15) is 19.2 Å². The Morgan fingerprint density at radius 2 is 2.05 bits per heavy atom. The molecule has 37 heavy (non-hydrogen) atoms. The van der Waals surface area contributed by atoms with Crippen molar-refractivity contribution in [3.63, 3.8) is 0 Å². The fourth-order valence-corrected chi connectivity index (χ4v) is 4.34. The second-order valence-corrected chi connectivity index (χ2v) is 8.99. The topological polar surface area (TPSA) is 115 Å². The number of aromatic nitrogens is 4. The minimum atomic E-state index is -0.814. The van der Waals surface area contributed by atoms with E-state index in [4.69, 9.17) is 16.3 Å². The van der Waals surface area contributed by atoms with Crippen LogP contribution in [0.4, 0.5) is 16.0 Å². The Bertz CT molecular complexity index is 1690. The number of hydrogen-bond donors (Lipinski definition) is 1. The van der Waals surface area contributed by atoms with Crippen molar-refractivity contribution >= 4 is 23.2 Å². The van der Waals surface area contributed by atoms with E-state index >= 15 is 0 Å². The van der Waals surface area contributed by atoms with Gasteiger partial charge in [0.1, 0.15) is 17.6 Å². The van der Waals surface area contributed by atoms with Gasteiger partial charge in [0, 0.05) is 12.3 Å². The van der Waals surface area contributed by atoms with E-state index in [1.807, 2.05) is 0 Å². The van der Waals surface area contributed by atoms with Gasteiger partial charge in [-0.25, -0.2) is 18.5 Å². The maximum atomic E-state index is 13.9. The lowest BCUT2D eigenvalue weighted by Gasteiger charge is -2.20. The van der Waals surface area contributed by atoms with Crippen molar-refractivity contribution in [2.24, 2.45) is 0 Å². The third-order valence-electron chi connectivity index (χ3n) is 5.93. The summed E-state index contributed by atoms with van der Waals surface area (Å²) in [6.45, 7) is 2.28. The molecule has 5 rings (SSSR count). The minimum Gasteiger partial charge on any atom is -0.493 e. The molecule has 0 radical (unpaired) electrons. The van der Waals surface area contributed by atoms with Gasteiger partial charge in [0.25, 0.3) is 0 Å². The van der Waals surface area contributed by atoms with E-state index in [0.29, 0.717) is 28.6 Å². The van der Waals surface area contributed by atoms with Gasteiger partial charge in [-0.1, -0.05) is 17.7 Å². The summed E-state index contributed by atoms with van der Waals surface area (Å²) < 4.78 is 21.7. The third kappa shape index (κ3) is 4.81. The smallest absolute Gasteiger partial charge is 0.359 e. The molecule has 0 saturated heterocycles. The number of hydrogen-bond acceptors (Lipinski definition) is 7. The van der Waals surface area contributed by atoms with Crippen LogP contribution in [-0.2, 0) is 13.0 Å². The molecule has 0 aliphatic carbocycles. The maximum absolute atomic E-state index is 13.9. The van der Waals surface area contributed by atoms with Crippen molar-refractivity contribution in [3.8, 4) is 17.5 Å². The second-order valence-electron chi connectivity index (χ2n) is 8.59. The van der Waals surface area contributed by atoms with Crippen LogP contribution in [0.5, 0.6) is 5.75 Å². The summed E-state index contributed by atoms with van der Waals surface area (Å²) in [5.74, 6) is -0.0490. The molecule has 1 N–H and O–H groups in total. The van der Waals surface area contributed by atoms with E-state index in [1.54, 1.807) is 37.4 Å². The highest BCUT2D eigenvalue weighted by Crippen LogP contribution is 2.35. The Balaban J connectivity index is 1.66. The third-order valence-corrected chi connectivity index (χ3v) is 6.24. The molecule has 0 amide bonds. The van der Waals surface area contributed by atoms with Crippen LogP contribution in [0.1, 0.15) is 28.7 Å². The summed E-state index contributed by atoms with van der Waals surface area (Å²) in [7, 11) is 0. The number of benzene rings is 2. The molecule has 9 nitrogen and oxygen atoms in total. The van der Waals surface area contributed by atoms with E-state index in [0.717, 1.165) is 34.6 Å². The lowest BCUT2D eigenvalue weighted by atomic mass is 10.1. The van der Waals surface area contributed by atoms with Crippen molar-refractivity contribution in [3.05, 3.63) is 103 Å². The van der Waals surface area contributed by atoms with Gasteiger partial charge in [-0.2, -0.15) is 10.2 Å². The molecule has 2 aromatic heterocycles. The number of aryl methyl sites for hydroxylation is 2. The van der Waals surface area contributed by atoms with Gasteiger partial charge in [0.2, 0.25) is 5.95 Å². The highest BCUT2D eigenvalue weighted by molar-refractivity contribution is 6.33. The molecule has 11 heteroatoms. The molecule has 1 aliphatic heterocycles. The molecule has 186 valence electrons. The number of nitriles is 1. The number of rotatable bonds is 5. The Labute approximate surface area is 215 Å². The maximum Gasteiger partial charge on any atom is 0.359 e. The normalized spacial score (nSPS) is 12.4. The largest absolute Gasteiger partial charge is 0.493 e. The van der Waals surface area contributed by atoms with Crippen molar-refractivity contribution in [1.29, 1.82) is 5.26 Å². The Kier molecular flexibility index (Phi) is 6.46. The minimum absolute atomic E-state index is 0.0618. The molecule has 0 bridgehead atoms. The zero-order valence-electron chi connectivity index (χ0n) is 19.7. The van der Waals surface area contributed by atoms with E-state index < -0.39 is 17.2 Å². The number of ether oxygens (including phenoxy) is 1. The number of anilines is 2. The summed E-state index contributed by atoms with van der Waals surface area (Å²) in [5.41, 5.74) is 1.16. The Hall–Kier alpha value is -4.49. The predicted octanol–water partition coefficient (Wildman–Crippen LogP) is 3.88. The van der Waals surface area contributed by atoms with Crippen LogP contribution >= 0.6 is 11.6 Å². The second kappa shape index (κ2) is 9.87. The summed E-state index contributed by atoms with van der Waals surface area (Å²) in [4.78, 5) is 35.0. The molecule has 2 aromatic carbocycles. The first-order chi connectivity index (χ1) is 17.8. The first-order valence-electron chi connectivity index (χ1n) is 11.4. The summed E-state index contributed by atoms with van der Waals surface area (Å²) in [6, 6.07) is 10.9. The highest BCUT2D eigenvalue weighted by Gasteiger charge is 2.19. The quantitative estimate of drug-likeness (QED) is 0.426. The fraction of sp³-hybridized carbons (Fsp3) is 0.192.